The Morgan fingerprint density at radius 1 is 1.20 bits per heavy atom. The number of thiophene rings is 2. The smallest absolute Gasteiger partial charge is 0.349 e. The molecule has 0 radical (unpaired) electrons. The van der Waals surface area contributed by atoms with Crippen molar-refractivity contribution >= 4 is 28.6 Å². The molecule has 5 heterocycles. The summed E-state index contributed by atoms with van der Waals surface area (Å²) in [6.07, 6.45) is 1.97. The molecule has 0 amide bonds. The average Bonchev–Trinajstić information content (AvgIpc) is 2.97. The quantitative estimate of drug-likeness (QED) is 0.654. The lowest BCUT2D eigenvalue weighted by Crippen LogP contribution is -2.49. The first-order chi connectivity index (χ1) is 12.1. The number of rotatable bonds is 4. The highest BCUT2D eigenvalue weighted by Crippen LogP contribution is 2.48. The molecule has 3 fully saturated rings. The number of carbonyl (C=O) groups excluding carboxylic acids is 1. The number of carbonyl (C=O) groups is 1. The normalized spacial score (nSPS) is 33.9. The summed E-state index contributed by atoms with van der Waals surface area (Å²) < 4.78 is 11.5. The highest BCUT2D eigenvalue weighted by molar-refractivity contribution is 7.12. The fourth-order valence-corrected chi connectivity index (χ4v) is 6.04. The zero-order valence-electron chi connectivity index (χ0n) is 13.7. The number of esters is 1. The van der Waals surface area contributed by atoms with Gasteiger partial charge in [-0.25, -0.2) is 4.79 Å². The summed E-state index contributed by atoms with van der Waals surface area (Å²) in [5.41, 5.74) is -1.72. The van der Waals surface area contributed by atoms with Crippen LogP contribution in [0.2, 0.25) is 0 Å². The molecular weight excluding hydrogens is 358 g/mol. The fraction of sp³-hybridized carbons (Fsp3) is 0.500. The molecule has 1 N–H and O–H groups in total. The van der Waals surface area contributed by atoms with Crippen LogP contribution < -0.4 is 0 Å². The number of nitrogens with zero attached hydrogens (tertiary/aromatic N) is 1. The van der Waals surface area contributed by atoms with Gasteiger partial charge < -0.3 is 14.6 Å². The third kappa shape index (κ3) is 2.34. The Morgan fingerprint density at radius 2 is 1.76 bits per heavy atom. The largest absolute Gasteiger partial charge is 0.460 e. The van der Waals surface area contributed by atoms with Gasteiger partial charge in [-0.05, 0) is 29.9 Å². The molecule has 2 aromatic heterocycles. The topological polar surface area (TPSA) is 62.3 Å². The Hall–Kier alpha value is -1.25. The minimum atomic E-state index is -1.72. The Morgan fingerprint density at radius 3 is 2.24 bits per heavy atom. The number of ether oxygens (including phenoxy) is 2. The van der Waals surface area contributed by atoms with Gasteiger partial charge in [-0.3, -0.25) is 4.90 Å². The van der Waals surface area contributed by atoms with E-state index in [0.29, 0.717) is 34.0 Å². The highest BCUT2D eigenvalue weighted by atomic mass is 32.1. The van der Waals surface area contributed by atoms with Gasteiger partial charge in [-0.1, -0.05) is 12.1 Å². The van der Waals surface area contributed by atoms with Gasteiger partial charge in [0.25, 0.3) is 0 Å². The summed E-state index contributed by atoms with van der Waals surface area (Å²) in [7, 11) is 2.12. The first kappa shape index (κ1) is 16.0. The molecule has 132 valence electrons. The monoisotopic (exact) mass is 377 g/mol. The fourth-order valence-electron chi connectivity index (χ4n) is 4.32. The minimum absolute atomic E-state index is 0.165. The Balaban J connectivity index is 1.39. The zero-order valence-corrected chi connectivity index (χ0v) is 15.3. The molecule has 25 heavy (non-hydrogen) atoms. The lowest BCUT2D eigenvalue weighted by Gasteiger charge is -2.38. The summed E-state index contributed by atoms with van der Waals surface area (Å²) in [6, 6.07) is 7.88. The molecule has 0 aromatic carbocycles. The molecule has 2 unspecified atom stereocenters. The molecule has 2 bridgehead atoms. The molecule has 5 rings (SSSR count). The maximum Gasteiger partial charge on any atom is 0.349 e. The van der Waals surface area contributed by atoms with Crippen molar-refractivity contribution < 1.29 is 19.4 Å². The second kappa shape index (κ2) is 5.62. The zero-order chi connectivity index (χ0) is 17.2. The molecule has 7 heteroatoms. The molecule has 5 nitrogen and oxygen atoms in total. The van der Waals surface area contributed by atoms with Gasteiger partial charge in [-0.15, -0.1) is 22.7 Å². The van der Waals surface area contributed by atoms with Crippen molar-refractivity contribution in [2.75, 3.05) is 7.05 Å². The van der Waals surface area contributed by atoms with E-state index in [1.807, 2.05) is 22.9 Å². The van der Waals surface area contributed by atoms with Crippen molar-refractivity contribution in [2.24, 2.45) is 0 Å². The lowest BCUT2D eigenvalue weighted by molar-refractivity contribution is -0.171. The minimum Gasteiger partial charge on any atom is -0.460 e. The molecule has 3 aliphatic heterocycles. The molecular formula is C18H19NO4S2. The second-order valence-corrected chi connectivity index (χ2v) is 8.92. The molecule has 3 aliphatic rings. The van der Waals surface area contributed by atoms with Crippen LogP contribution in [0.1, 0.15) is 22.6 Å². The summed E-state index contributed by atoms with van der Waals surface area (Å²) >= 11 is 2.73. The van der Waals surface area contributed by atoms with Gasteiger partial charge in [0.15, 0.2) is 0 Å². The molecule has 5 atom stereocenters. The number of likely N-dealkylation sites (N-methyl/N-ethyl adjacent to an activating group) is 1. The van der Waals surface area contributed by atoms with Crippen LogP contribution in [0.15, 0.2) is 35.0 Å². The van der Waals surface area contributed by atoms with E-state index in [0.717, 1.165) is 12.8 Å². The van der Waals surface area contributed by atoms with Crippen LogP contribution in [0, 0.1) is 0 Å². The van der Waals surface area contributed by atoms with Crippen molar-refractivity contribution in [3.63, 3.8) is 0 Å². The van der Waals surface area contributed by atoms with Crippen LogP contribution in [0.5, 0.6) is 0 Å². The predicted molar refractivity (Wildman–Crippen MR) is 94.8 cm³/mol. The second-order valence-electron chi connectivity index (χ2n) is 7.03. The summed E-state index contributed by atoms with van der Waals surface area (Å²) in [4.78, 5) is 16.6. The predicted octanol–water partition coefficient (Wildman–Crippen LogP) is 2.20. The number of morpholine rings is 1. The number of piperidine rings is 1. The third-order valence-electron chi connectivity index (χ3n) is 5.70. The number of hydrogen-bond donors (Lipinski definition) is 1. The summed E-state index contributed by atoms with van der Waals surface area (Å²) in [5.74, 6) is -0.569. The van der Waals surface area contributed by atoms with E-state index in [1.54, 1.807) is 12.1 Å². The Bertz CT molecular complexity index is 723. The van der Waals surface area contributed by atoms with Crippen LogP contribution in [0.4, 0.5) is 0 Å². The number of epoxide rings is 1. The van der Waals surface area contributed by atoms with E-state index < -0.39 is 11.6 Å². The van der Waals surface area contributed by atoms with Crippen molar-refractivity contribution in [3.05, 3.63) is 44.8 Å². The van der Waals surface area contributed by atoms with Gasteiger partial charge in [0.1, 0.15) is 18.3 Å². The van der Waals surface area contributed by atoms with Gasteiger partial charge in [-0.2, -0.15) is 0 Å². The van der Waals surface area contributed by atoms with E-state index in [4.69, 9.17) is 9.47 Å². The number of fused-ring (bicyclic) bond motifs is 5. The molecule has 0 saturated carbocycles. The van der Waals surface area contributed by atoms with E-state index in [1.165, 1.54) is 22.7 Å². The van der Waals surface area contributed by atoms with Crippen LogP contribution in [-0.2, 0) is 19.9 Å². The van der Waals surface area contributed by atoms with Crippen LogP contribution in [0.3, 0.4) is 0 Å². The van der Waals surface area contributed by atoms with Gasteiger partial charge in [0, 0.05) is 24.9 Å². The average molecular weight is 377 g/mol. The molecule has 0 aliphatic carbocycles. The summed E-state index contributed by atoms with van der Waals surface area (Å²) in [5, 5.41) is 15.0. The molecule has 0 spiro atoms. The highest BCUT2D eigenvalue weighted by Gasteiger charge is 2.63. The standard InChI is InChI=1S/C18H19NO4S2/c1-19-11-8-10(9-12(19)16-15(11)23-16)22-17(20)18(21,13-4-2-6-24-13)14-5-3-7-25-14/h2-7,10-12,15-16,21H,8-9H2,1H3/t10?,11-,12-,15-,16?/m0/s1. The first-order valence-corrected chi connectivity index (χ1v) is 10.2. The maximum atomic E-state index is 13.0. The lowest BCUT2D eigenvalue weighted by atomic mass is 9.97. The number of hydrogen-bond acceptors (Lipinski definition) is 7. The van der Waals surface area contributed by atoms with Crippen molar-refractivity contribution in [1.29, 1.82) is 0 Å². The van der Waals surface area contributed by atoms with Crippen LogP contribution in [0.25, 0.3) is 0 Å². The van der Waals surface area contributed by atoms with Crippen LogP contribution >= 0.6 is 22.7 Å². The first-order valence-electron chi connectivity index (χ1n) is 8.48. The maximum absolute atomic E-state index is 13.0. The van der Waals surface area contributed by atoms with Gasteiger partial charge >= 0.3 is 5.97 Å². The van der Waals surface area contributed by atoms with Crippen molar-refractivity contribution in [3.8, 4) is 0 Å². The van der Waals surface area contributed by atoms with Crippen molar-refractivity contribution in [2.45, 2.75) is 48.8 Å². The number of aliphatic hydroxyl groups is 1. The van der Waals surface area contributed by atoms with Crippen molar-refractivity contribution in [1.82, 2.24) is 4.90 Å². The van der Waals surface area contributed by atoms with E-state index in [2.05, 4.69) is 11.9 Å². The Kier molecular flexibility index (Phi) is 3.59. The Labute approximate surface area is 153 Å². The van der Waals surface area contributed by atoms with E-state index in [-0.39, 0.29) is 6.10 Å². The van der Waals surface area contributed by atoms with E-state index in [9.17, 15) is 9.90 Å². The SMILES string of the molecule is CN1[C@H]2CC(OC(=O)C(O)(c3cccs3)c3cccs3)C[C@H]1[C@@H]1OC12. The van der Waals surface area contributed by atoms with Gasteiger partial charge in [0.2, 0.25) is 5.60 Å². The van der Waals surface area contributed by atoms with Gasteiger partial charge in [0.05, 0.1) is 9.75 Å². The molecule has 3 saturated heterocycles. The molecule has 2 aromatic rings. The summed E-state index contributed by atoms with van der Waals surface area (Å²) in [6.45, 7) is 0. The van der Waals surface area contributed by atoms with E-state index >= 15 is 0 Å². The van der Waals surface area contributed by atoms with Crippen LogP contribution in [-0.4, -0.2) is 53.4 Å². The third-order valence-corrected chi connectivity index (χ3v) is 7.66.